The maximum Gasteiger partial charge on any atom is 0.238 e. The van der Waals surface area contributed by atoms with Crippen molar-refractivity contribution in [1.29, 1.82) is 0 Å². The number of hydrogen-bond acceptors (Lipinski definition) is 4. The minimum Gasteiger partial charge on any atom is -0.495 e. The molecule has 112 valence electrons. The van der Waals surface area contributed by atoms with E-state index in [1.54, 1.807) is 30.1 Å². The number of carbonyl (C=O) groups is 1. The van der Waals surface area contributed by atoms with Crippen LogP contribution in [0.25, 0.3) is 0 Å². The summed E-state index contributed by atoms with van der Waals surface area (Å²) < 4.78 is 5.16. The van der Waals surface area contributed by atoms with Crippen LogP contribution in [0.4, 0.5) is 5.69 Å². The fourth-order valence-electron chi connectivity index (χ4n) is 1.77. The Hall–Kier alpha value is -1.30. The third kappa shape index (κ3) is 5.36. The second-order valence-electron chi connectivity index (χ2n) is 4.65. The number of hydrogen-bond donors (Lipinski definition) is 2. The highest BCUT2D eigenvalue weighted by Gasteiger charge is 2.12. The average Bonchev–Trinajstić information content (AvgIpc) is 2.38. The van der Waals surface area contributed by atoms with E-state index in [1.807, 2.05) is 6.92 Å². The first kappa shape index (κ1) is 16.8. The SMILES string of the molecule is CCC(O)CN(C)CC(=O)Nc1cc(Cl)ccc1OC. The number of methoxy groups -OCH3 is 1. The zero-order valence-corrected chi connectivity index (χ0v) is 12.8. The van der Waals surface area contributed by atoms with Crippen LogP contribution >= 0.6 is 11.6 Å². The molecule has 2 N–H and O–H groups in total. The molecule has 1 amide bonds. The summed E-state index contributed by atoms with van der Waals surface area (Å²) in [5.74, 6) is 0.371. The van der Waals surface area contributed by atoms with E-state index in [2.05, 4.69) is 5.32 Å². The summed E-state index contributed by atoms with van der Waals surface area (Å²) in [7, 11) is 3.32. The van der Waals surface area contributed by atoms with Crippen molar-refractivity contribution in [3.05, 3.63) is 23.2 Å². The number of aliphatic hydroxyl groups excluding tert-OH is 1. The van der Waals surface area contributed by atoms with Crippen LogP contribution in [0.2, 0.25) is 5.02 Å². The summed E-state index contributed by atoms with van der Waals surface area (Å²) in [5, 5.41) is 12.8. The Labute approximate surface area is 124 Å². The normalized spacial score (nSPS) is 12.3. The van der Waals surface area contributed by atoms with Gasteiger partial charge in [-0.3, -0.25) is 9.69 Å². The lowest BCUT2D eigenvalue weighted by atomic mass is 10.2. The van der Waals surface area contributed by atoms with E-state index in [1.165, 1.54) is 7.11 Å². The Morgan fingerprint density at radius 1 is 1.55 bits per heavy atom. The van der Waals surface area contributed by atoms with Gasteiger partial charge in [0.1, 0.15) is 5.75 Å². The van der Waals surface area contributed by atoms with Gasteiger partial charge >= 0.3 is 0 Å². The van der Waals surface area contributed by atoms with Gasteiger partial charge in [-0.25, -0.2) is 0 Å². The van der Waals surface area contributed by atoms with Gasteiger partial charge in [0.2, 0.25) is 5.91 Å². The smallest absolute Gasteiger partial charge is 0.238 e. The Bertz CT molecular complexity index is 454. The highest BCUT2D eigenvalue weighted by Crippen LogP contribution is 2.27. The number of rotatable bonds is 7. The molecule has 0 saturated carbocycles. The Morgan fingerprint density at radius 2 is 2.25 bits per heavy atom. The summed E-state index contributed by atoms with van der Waals surface area (Å²) in [4.78, 5) is 13.7. The maximum absolute atomic E-state index is 11.9. The summed E-state index contributed by atoms with van der Waals surface area (Å²) in [5.41, 5.74) is 0.537. The van der Waals surface area contributed by atoms with Gasteiger partial charge in [-0.2, -0.15) is 0 Å². The third-order valence-corrected chi connectivity index (χ3v) is 3.08. The lowest BCUT2D eigenvalue weighted by Gasteiger charge is -2.19. The molecule has 0 heterocycles. The average molecular weight is 301 g/mol. The molecular weight excluding hydrogens is 280 g/mol. The molecule has 0 saturated heterocycles. The number of likely N-dealkylation sites (N-methyl/N-ethyl adjacent to an activating group) is 1. The molecular formula is C14H21ClN2O3. The summed E-state index contributed by atoms with van der Waals surface area (Å²) in [6, 6.07) is 5.03. The zero-order valence-electron chi connectivity index (χ0n) is 12.0. The van der Waals surface area contributed by atoms with Crippen LogP contribution < -0.4 is 10.1 Å². The quantitative estimate of drug-likeness (QED) is 0.808. The number of amides is 1. The predicted octanol–water partition coefficient (Wildman–Crippen LogP) is 1.99. The largest absolute Gasteiger partial charge is 0.495 e. The topological polar surface area (TPSA) is 61.8 Å². The molecule has 0 fully saturated rings. The van der Waals surface area contributed by atoms with Crippen LogP contribution in [0.1, 0.15) is 13.3 Å². The Balaban J connectivity index is 2.60. The number of aliphatic hydroxyl groups is 1. The standard InChI is InChI=1S/C14H21ClN2O3/c1-4-11(18)8-17(2)9-14(19)16-12-7-10(15)5-6-13(12)20-3/h5-7,11,18H,4,8-9H2,1-3H3,(H,16,19). The van der Waals surface area contributed by atoms with Gasteiger partial charge in [-0.05, 0) is 31.7 Å². The van der Waals surface area contributed by atoms with Crippen LogP contribution in [0.5, 0.6) is 5.75 Å². The van der Waals surface area contributed by atoms with Gasteiger partial charge in [0.15, 0.2) is 0 Å². The summed E-state index contributed by atoms with van der Waals surface area (Å²) in [6.07, 6.45) is 0.238. The number of nitrogens with zero attached hydrogens (tertiary/aromatic N) is 1. The maximum atomic E-state index is 11.9. The van der Waals surface area contributed by atoms with Crippen molar-refractivity contribution in [1.82, 2.24) is 4.90 Å². The van der Waals surface area contributed by atoms with E-state index < -0.39 is 6.10 Å². The number of anilines is 1. The van der Waals surface area contributed by atoms with Gasteiger partial charge in [0.05, 0.1) is 25.4 Å². The second kappa shape index (κ2) is 8.09. The molecule has 1 rings (SSSR count). The fourth-order valence-corrected chi connectivity index (χ4v) is 1.94. The second-order valence-corrected chi connectivity index (χ2v) is 5.09. The van der Waals surface area contributed by atoms with E-state index in [9.17, 15) is 9.90 Å². The summed E-state index contributed by atoms with van der Waals surface area (Å²) >= 11 is 5.90. The molecule has 1 unspecified atom stereocenters. The highest BCUT2D eigenvalue weighted by atomic mass is 35.5. The lowest BCUT2D eigenvalue weighted by Crippen LogP contribution is -2.35. The van der Waals surface area contributed by atoms with Crippen molar-refractivity contribution in [2.45, 2.75) is 19.4 Å². The molecule has 0 bridgehead atoms. The lowest BCUT2D eigenvalue weighted by molar-refractivity contribution is -0.117. The van der Waals surface area contributed by atoms with Gasteiger partial charge in [0.25, 0.3) is 0 Å². The first-order valence-corrected chi connectivity index (χ1v) is 6.84. The number of benzene rings is 1. The van der Waals surface area contributed by atoms with E-state index in [-0.39, 0.29) is 12.5 Å². The molecule has 1 aromatic rings. The van der Waals surface area contributed by atoms with Gasteiger partial charge < -0.3 is 15.2 Å². The minimum absolute atomic E-state index is 0.184. The Kier molecular flexibility index (Phi) is 6.78. The molecule has 0 aliphatic rings. The molecule has 1 atom stereocenters. The van der Waals surface area contributed by atoms with Crippen molar-refractivity contribution in [2.24, 2.45) is 0 Å². The van der Waals surface area contributed by atoms with Crippen molar-refractivity contribution >= 4 is 23.2 Å². The van der Waals surface area contributed by atoms with Crippen molar-refractivity contribution in [2.75, 3.05) is 32.6 Å². The third-order valence-electron chi connectivity index (χ3n) is 2.84. The highest BCUT2D eigenvalue weighted by molar-refractivity contribution is 6.31. The first-order valence-electron chi connectivity index (χ1n) is 6.46. The molecule has 0 aromatic heterocycles. The fraction of sp³-hybridized carbons (Fsp3) is 0.500. The molecule has 1 aromatic carbocycles. The van der Waals surface area contributed by atoms with Crippen molar-refractivity contribution < 1.29 is 14.6 Å². The molecule has 0 aliphatic carbocycles. The van der Waals surface area contributed by atoms with E-state index in [0.717, 1.165) is 0 Å². The number of carbonyl (C=O) groups excluding carboxylic acids is 1. The molecule has 0 aliphatic heterocycles. The first-order chi connectivity index (χ1) is 9.46. The van der Waals surface area contributed by atoms with Crippen LogP contribution in [0.15, 0.2) is 18.2 Å². The van der Waals surface area contributed by atoms with Crippen LogP contribution in [-0.4, -0.2) is 49.3 Å². The number of nitrogens with one attached hydrogen (secondary N) is 1. The number of ether oxygens (including phenoxy) is 1. The van der Waals surface area contributed by atoms with Gasteiger partial charge in [-0.15, -0.1) is 0 Å². The van der Waals surface area contributed by atoms with Crippen molar-refractivity contribution in [3.63, 3.8) is 0 Å². The minimum atomic E-state index is -0.423. The van der Waals surface area contributed by atoms with E-state index in [4.69, 9.17) is 16.3 Å². The van der Waals surface area contributed by atoms with Crippen LogP contribution in [0.3, 0.4) is 0 Å². The molecule has 6 heteroatoms. The Morgan fingerprint density at radius 3 is 2.85 bits per heavy atom. The molecule has 20 heavy (non-hydrogen) atoms. The summed E-state index contributed by atoms with van der Waals surface area (Å²) in [6.45, 7) is 2.54. The van der Waals surface area contributed by atoms with E-state index in [0.29, 0.717) is 29.4 Å². The molecule has 5 nitrogen and oxygen atoms in total. The molecule has 0 spiro atoms. The molecule has 0 radical (unpaired) electrons. The van der Waals surface area contributed by atoms with Gasteiger partial charge in [-0.1, -0.05) is 18.5 Å². The number of halogens is 1. The van der Waals surface area contributed by atoms with Crippen LogP contribution in [-0.2, 0) is 4.79 Å². The zero-order chi connectivity index (χ0) is 15.1. The van der Waals surface area contributed by atoms with Crippen molar-refractivity contribution in [3.8, 4) is 5.75 Å². The van der Waals surface area contributed by atoms with Gasteiger partial charge in [0, 0.05) is 11.6 Å². The van der Waals surface area contributed by atoms with E-state index >= 15 is 0 Å². The monoisotopic (exact) mass is 300 g/mol. The predicted molar refractivity (Wildman–Crippen MR) is 80.4 cm³/mol. The van der Waals surface area contributed by atoms with Crippen LogP contribution in [0, 0.1) is 0 Å².